The molecule has 5 nitrogen and oxygen atoms in total. The normalized spacial score (nSPS) is 33.5. The summed E-state index contributed by atoms with van der Waals surface area (Å²) >= 11 is 0. The Morgan fingerprint density at radius 2 is 1.93 bits per heavy atom. The molecule has 0 unspecified atom stereocenters. The molecule has 2 saturated heterocycles. The van der Waals surface area contributed by atoms with Crippen molar-refractivity contribution in [2.24, 2.45) is 10.8 Å². The van der Waals surface area contributed by atoms with Crippen molar-refractivity contribution in [1.29, 1.82) is 0 Å². The molecule has 2 aliphatic heterocycles. The molecule has 29 heavy (non-hydrogen) atoms. The van der Waals surface area contributed by atoms with Crippen LogP contribution in [-0.4, -0.2) is 47.2 Å². The van der Waals surface area contributed by atoms with Crippen molar-refractivity contribution in [1.82, 2.24) is 9.80 Å². The van der Waals surface area contributed by atoms with Gasteiger partial charge in [-0.05, 0) is 47.8 Å². The Labute approximate surface area is 171 Å². The Hall–Kier alpha value is -2.24. The molecular formula is C23H29FN2O3. The number of halogens is 1. The van der Waals surface area contributed by atoms with E-state index in [9.17, 15) is 18.8 Å². The minimum Gasteiger partial charge on any atom is -0.339 e. The molecule has 4 rings (SSSR count). The summed E-state index contributed by atoms with van der Waals surface area (Å²) in [7, 11) is 1.43. The lowest BCUT2D eigenvalue weighted by molar-refractivity contribution is -0.141. The molecule has 0 radical (unpaired) electrons. The SMILES string of the molecule is CN1C(=O)C[C@@](CC(=O)N2C[C@@]3(C)C[C@H]2CC(C)(C)C3)(c2cccc(F)c2)C1=O. The lowest BCUT2D eigenvalue weighted by Crippen LogP contribution is -2.44. The van der Waals surface area contributed by atoms with E-state index in [1.54, 1.807) is 6.07 Å². The number of hydrogen-bond acceptors (Lipinski definition) is 3. The molecule has 3 amide bonds. The van der Waals surface area contributed by atoms with Gasteiger partial charge in [-0.1, -0.05) is 32.9 Å². The van der Waals surface area contributed by atoms with E-state index in [1.807, 2.05) is 4.90 Å². The molecule has 3 aliphatic rings. The number of imide groups is 1. The van der Waals surface area contributed by atoms with Crippen molar-refractivity contribution >= 4 is 17.7 Å². The van der Waals surface area contributed by atoms with Gasteiger partial charge in [0, 0.05) is 32.5 Å². The van der Waals surface area contributed by atoms with Crippen LogP contribution in [0.3, 0.4) is 0 Å². The van der Waals surface area contributed by atoms with Gasteiger partial charge in [0.05, 0.1) is 5.41 Å². The zero-order valence-electron chi connectivity index (χ0n) is 17.6. The summed E-state index contributed by atoms with van der Waals surface area (Å²) < 4.78 is 14.0. The number of nitrogens with zero attached hydrogens (tertiary/aromatic N) is 2. The predicted molar refractivity (Wildman–Crippen MR) is 106 cm³/mol. The van der Waals surface area contributed by atoms with Crippen molar-refractivity contribution in [3.8, 4) is 0 Å². The highest BCUT2D eigenvalue weighted by atomic mass is 19.1. The highest BCUT2D eigenvalue weighted by molar-refractivity contribution is 6.10. The molecule has 1 aromatic rings. The van der Waals surface area contributed by atoms with E-state index < -0.39 is 17.1 Å². The summed E-state index contributed by atoms with van der Waals surface area (Å²) in [5.74, 6) is -1.34. The first-order valence-corrected chi connectivity index (χ1v) is 10.3. The van der Waals surface area contributed by atoms with Crippen molar-refractivity contribution in [2.45, 2.75) is 64.3 Å². The van der Waals surface area contributed by atoms with Gasteiger partial charge in [-0.2, -0.15) is 0 Å². The summed E-state index contributed by atoms with van der Waals surface area (Å²) in [5, 5.41) is 0. The number of likely N-dealkylation sites (tertiary alicyclic amines) is 2. The second-order valence-corrected chi connectivity index (χ2v) is 10.4. The third-order valence-corrected chi connectivity index (χ3v) is 7.11. The average molecular weight is 400 g/mol. The van der Waals surface area contributed by atoms with Gasteiger partial charge in [0.25, 0.3) is 0 Å². The number of carbonyl (C=O) groups is 3. The van der Waals surface area contributed by atoms with E-state index in [-0.39, 0.29) is 41.5 Å². The third-order valence-electron chi connectivity index (χ3n) is 7.11. The number of amides is 3. The largest absolute Gasteiger partial charge is 0.339 e. The highest BCUT2D eigenvalue weighted by Crippen LogP contribution is 2.53. The van der Waals surface area contributed by atoms with Gasteiger partial charge in [-0.3, -0.25) is 19.3 Å². The van der Waals surface area contributed by atoms with E-state index in [1.165, 1.54) is 25.2 Å². The Kier molecular flexibility index (Phi) is 4.41. The molecule has 2 heterocycles. The van der Waals surface area contributed by atoms with Crippen molar-refractivity contribution in [2.75, 3.05) is 13.6 Å². The Morgan fingerprint density at radius 3 is 2.55 bits per heavy atom. The molecule has 2 bridgehead atoms. The Bertz CT molecular complexity index is 898. The zero-order valence-corrected chi connectivity index (χ0v) is 17.6. The Morgan fingerprint density at radius 1 is 1.21 bits per heavy atom. The van der Waals surface area contributed by atoms with E-state index in [0.717, 1.165) is 24.2 Å². The van der Waals surface area contributed by atoms with Gasteiger partial charge in [-0.15, -0.1) is 0 Å². The van der Waals surface area contributed by atoms with Crippen molar-refractivity contribution in [3.05, 3.63) is 35.6 Å². The van der Waals surface area contributed by atoms with Crippen molar-refractivity contribution in [3.63, 3.8) is 0 Å². The van der Waals surface area contributed by atoms with Crippen LogP contribution in [0.15, 0.2) is 24.3 Å². The van der Waals surface area contributed by atoms with Crippen LogP contribution in [0.2, 0.25) is 0 Å². The number of benzene rings is 1. The predicted octanol–water partition coefficient (Wildman–Crippen LogP) is 3.27. The van der Waals surface area contributed by atoms with Gasteiger partial charge < -0.3 is 4.90 Å². The van der Waals surface area contributed by atoms with E-state index in [0.29, 0.717) is 12.1 Å². The van der Waals surface area contributed by atoms with E-state index >= 15 is 0 Å². The molecule has 3 fully saturated rings. The first-order chi connectivity index (χ1) is 13.4. The van der Waals surface area contributed by atoms with E-state index in [2.05, 4.69) is 20.8 Å². The van der Waals surface area contributed by atoms with Crippen LogP contribution in [0.25, 0.3) is 0 Å². The molecule has 0 spiro atoms. The Balaban J connectivity index is 1.67. The lowest BCUT2D eigenvalue weighted by atomic mass is 9.65. The summed E-state index contributed by atoms with van der Waals surface area (Å²) in [5.41, 5.74) is -0.660. The number of carbonyl (C=O) groups excluding carboxylic acids is 3. The first-order valence-electron chi connectivity index (χ1n) is 10.3. The molecule has 1 aromatic carbocycles. The molecule has 6 heteroatoms. The fourth-order valence-corrected chi connectivity index (χ4v) is 6.25. The number of likely N-dealkylation sites (N-methyl/N-ethyl adjacent to an activating group) is 1. The highest BCUT2D eigenvalue weighted by Gasteiger charge is 2.56. The van der Waals surface area contributed by atoms with Crippen LogP contribution in [0.5, 0.6) is 0 Å². The third kappa shape index (κ3) is 3.26. The maximum Gasteiger partial charge on any atom is 0.240 e. The second kappa shape index (κ2) is 6.38. The molecule has 1 saturated carbocycles. The smallest absolute Gasteiger partial charge is 0.240 e. The molecule has 0 aromatic heterocycles. The van der Waals surface area contributed by atoms with Crippen LogP contribution in [0.1, 0.15) is 58.4 Å². The zero-order chi connectivity index (χ0) is 21.2. The minimum absolute atomic E-state index is 0.0837. The average Bonchev–Trinajstić information content (AvgIpc) is 2.99. The molecular weight excluding hydrogens is 371 g/mol. The molecule has 1 aliphatic carbocycles. The van der Waals surface area contributed by atoms with Gasteiger partial charge in [0.15, 0.2) is 0 Å². The lowest BCUT2D eigenvalue weighted by Gasteiger charge is -2.39. The summed E-state index contributed by atoms with van der Waals surface area (Å²) in [6.07, 6.45) is 2.78. The molecule has 3 atom stereocenters. The minimum atomic E-state index is -1.32. The van der Waals surface area contributed by atoms with Crippen molar-refractivity contribution < 1.29 is 18.8 Å². The maximum absolute atomic E-state index is 14.0. The fraction of sp³-hybridized carbons (Fsp3) is 0.609. The van der Waals surface area contributed by atoms with Crippen LogP contribution in [0.4, 0.5) is 4.39 Å². The summed E-state index contributed by atoms with van der Waals surface area (Å²) in [4.78, 5) is 41.9. The number of rotatable bonds is 3. The number of fused-ring (bicyclic) bond motifs is 2. The van der Waals surface area contributed by atoms with Crippen LogP contribution in [0, 0.1) is 16.6 Å². The quantitative estimate of drug-likeness (QED) is 0.732. The standard InChI is InChI=1S/C23H29FN2O3/c1-21(2)9-17-10-22(3,13-21)14-26(17)19(28)12-23(11-18(27)25(4)20(23)29)15-6-5-7-16(24)8-15/h5-8,17H,9-14H2,1-4H3/t17-,22+,23-/m1/s1. The van der Waals surface area contributed by atoms with E-state index in [4.69, 9.17) is 0 Å². The van der Waals surface area contributed by atoms with Crippen LogP contribution < -0.4 is 0 Å². The van der Waals surface area contributed by atoms with Crippen LogP contribution >= 0.6 is 0 Å². The van der Waals surface area contributed by atoms with Gasteiger partial charge >= 0.3 is 0 Å². The first kappa shape index (κ1) is 20.0. The summed E-state index contributed by atoms with van der Waals surface area (Å²) in [6.45, 7) is 7.40. The van der Waals surface area contributed by atoms with Gasteiger partial charge in [-0.25, -0.2) is 4.39 Å². The van der Waals surface area contributed by atoms with Crippen LogP contribution in [-0.2, 0) is 19.8 Å². The second-order valence-electron chi connectivity index (χ2n) is 10.4. The topological polar surface area (TPSA) is 57.7 Å². The monoisotopic (exact) mass is 400 g/mol. The summed E-state index contributed by atoms with van der Waals surface area (Å²) in [6, 6.07) is 5.92. The van der Waals surface area contributed by atoms with Gasteiger partial charge in [0.1, 0.15) is 5.82 Å². The number of hydrogen-bond donors (Lipinski definition) is 0. The maximum atomic E-state index is 14.0. The fourth-order valence-electron chi connectivity index (χ4n) is 6.25. The molecule has 156 valence electrons. The van der Waals surface area contributed by atoms with Gasteiger partial charge in [0.2, 0.25) is 17.7 Å². The molecule has 0 N–H and O–H groups in total.